The van der Waals surface area contributed by atoms with Crippen molar-refractivity contribution in [2.45, 2.75) is 30.8 Å². The summed E-state index contributed by atoms with van der Waals surface area (Å²) >= 11 is 2.83. The Bertz CT molecular complexity index is 1070. The Morgan fingerprint density at radius 3 is 2.79 bits per heavy atom. The van der Waals surface area contributed by atoms with E-state index in [1.165, 1.54) is 17.2 Å². The second-order valence-corrected chi connectivity index (χ2v) is 7.34. The number of H-pyrrole nitrogens is 1. The van der Waals surface area contributed by atoms with Crippen molar-refractivity contribution in [2.24, 2.45) is 0 Å². The molecule has 1 unspecified atom stereocenters. The van der Waals surface area contributed by atoms with E-state index >= 15 is 0 Å². The molecular weight excluding hydrogens is 449 g/mol. The third kappa shape index (κ3) is 3.73. The van der Waals surface area contributed by atoms with Gasteiger partial charge in [-0.2, -0.15) is 0 Å². The summed E-state index contributed by atoms with van der Waals surface area (Å²) < 4.78 is 13.3. The minimum Gasteiger partial charge on any atom is -0.0622 e. The number of nitro groups is 1. The Morgan fingerprint density at radius 2 is 2.07 bits per heavy atom. The average molecular weight is 466 g/mol. The van der Waals surface area contributed by atoms with E-state index in [2.05, 4.69) is 30.5 Å². The van der Waals surface area contributed by atoms with Gasteiger partial charge in [0.15, 0.2) is 0 Å². The molecule has 0 spiro atoms. The number of ether oxygens (including phenoxy) is 2. The van der Waals surface area contributed by atoms with Gasteiger partial charge in [0.1, 0.15) is 0 Å². The topological polar surface area (TPSA) is 149 Å². The van der Waals surface area contributed by atoms with E-state index in [1.54, 1.807) is 30.3 Å². The van der Waals surface area contributed by atoms with Crippen LogP contribution in [0.1, 0.15) is 18.0 Å². The number of imidazole rings is 1. The molecule has 0 radical (unpaired) electrons. The Labute approximate surface area is 171 Å². The van der Waals surface area contributed by atoms with Gasteiger partial charge in [-0.1, -0.05) is 18.2 Å². The van der Waals surface area contributed by atoms with Gasteiger partial charge in [-0.05, 0) is 0 Å². The molecule has 1 saturated heterocycles. The molecule has 3 N–H and O–H groups in total. The van der Waals surface area contributed by atoms with Crippen LogP contribution >= 0.6 is 0 Å². The van der Waals surface area contributed by atoms with Crippen LogP contribution in [-0.4, -0.2) is 75.1 Å². The van der Waals surface area contributed by atoms with E-state index in [-0.39, 0.29) is 6.61 Å². The Hall–Kier alpha value is -2.47. The van der Waals surface area contributed by atoms with Gasteiger partial charge in [-0.25, -0.2) is 0 Å². The first-order valence-corrected chi connectivity index (χ1v) is 9.55. The van der Waals surface area contributed by atoms with Crippen molar-refractivity contribution in [3.63, 3.8) is 0 Å². The second kappa shape index (κ2) is 8.11. The van der Waals surface area contributed by atoms with Crippen molar-refractivity contribution in [1.29, 1.82) is 0 Å². The summed E-state index contributed by atoms with van der Waals surface area (Å²) in [4.78, 5) is 22.1. The van der Waals surface area contributed by atoms with Gasteiger partial charge in [0.2, 0.25) is 0 Å². The summed E-state index contributed by atoms with van der Waals surface area (Å²) in [6.45, 7) is -0.282. The number of hydrogen-bond acceptors (Lipinski definition) is 8. The zero-order chi connectivity index (χ0) is 20.5. The molecule has 2 aromatic heterocycles. The van der Waals surface area contributed by atoms with E-state index < -0.39 is 35.7 Å². The van der Waals surface area contributed by atoms with Gasteiger partial charge in [-0.3, -0.25) is 0 Å². The summed E-state index contributed by atoms with van der Waals surface area (Å²) in [5, 5.41) is 32.2. The number of rotatable bonds is 6. The van der Waals surface area contributed by atoms with Crippen molar-refractivity contribution in [3.05, 3.63) is 62.9 Å². The van der Waals surface area contributed by atoms with E-state index in [4.69, 9.17) is 9.47 Å². The quantitative estimate of drug-likeness (QED) is 0.200. The van der Waals surface area contributed by atoms with Crippen LogP contribution < -0.4 is 0 Å². The fourth-order valence-electron chi connectivity index (χ4n) is 3.23. The molecule has 152 valence electrons. The van der Waals surface area contributed by atoms with Crippen LogP contribution in [-0.2, 0) is 9.47 Å². The number of fused-ring (bicyclic) bond motifs is 1. The molecule has 12 heteroatoms. The summed E-state index contributed by atoms with van der Waals surface area (Å²) in [5.74, 6) is 0. The summed E-state index contributed by atoms with van der Waals surface area (Å²) in [5.41, 5.74) is 1.37. The van der Waals surface area contributed by atoms with Gasteiger partial charge >= 0.3 is 153 Å². The summed E-state index contributed by atoms with van der Waals surface area (Å²) in [6, 6.07) is 8.24. The molecule has 0 bridgehead atoms. The molecule has 1 aromatic carbocycles. The maximum absolute atomic E-state index is 11.4. The van der Waals surface area contributed by atoms with Gasteiger partial charge < -0.3 is 0 Å². The van der Waals surface area contributed by atoms with Gasteiger partial charge in [0.05, 0.1) is 0 Å². The second-order valence-electron chi connectivity index (χ2n) is 6.48. The molecule has 0 aliphatic carbocycles. The number of hydrogen-bond donors (Lipinski definition) is 3. The fraction of sp³-hybridized carbons (Fsp3) is 0.353. The van der Waals surface area contributed by atoms with Crippen LogP contribution in [0.5, 0.6) is 0 Å². The van der Waals surface area contributed by atoms with Crippen LogP contribution in [0.3, 0.4) is 0 Å². The maximum atomic E-state index is 11.4. The third-order valence-corrected chi connectivity index (χ3v) is 5.32. The number of benzene rings is 1. The van der Waals surface area contributed by atoms with Gasteiger partial charge in [0.25, 0.3) is 0 Å². The zero-order valence-corrected chi connectivity index (χ0v) is 16.6. The average Bonchev–Trinajstić information content (AvgIpc) is 3.26. The van der Waals surface area contributed by atoms with E-state index in [0.717, 1.165) is 0 Å². The minimum absolute atomic E-state index is 0.282. The number of aliphatic hydroxyl groups is 2. The van der Waals surface area contributed by atoms with Crippen molar-refractivity contribution in [2.75, 3.05) is 6.61 Å². The number of nitrogens with one attached hydrogen (secondary N) is 1. The van der Waals surface area contributed by atoms with Crippen LogP contribution in [0.15, 0.2) is 43.0 Å². The SMILES string of the molecule is O=[N+]([O-])C(OC[C@H]1O[C@@H](n2cnc3c(=[Se])[nH]cnc32)[C@H](O)[C@@H]1O)c1ccccc1. The molecule has 29 heavy (non-hydrogen) atoms. The number of nitrogens with zero attached hydrogens (tertiary/aromatic N) is 4. The molecule has 3 heterocycles. The molecular formula is C17H17N5O6Se. The predicted octanol–water partition coefficient (Wildman–Crippen LogP) is 0.0712. The van der Waals surface area contributed by atoms with Crippen LogP contribution in [0.4, 0.5) is 0 Å². The van der Waals surface area contributed by atoms with Crippen molar-refractivity contribution < 1.29 is 24.6 Å². The fourth-order valence-corrected chi connectivity index (χ4v) is 3.64. The van der Waals surface area contributed by atoms with Crippen LogP contribution in [0.25, 0.3) is 11.2 Å². The molecule has 11 nitrogen and oxygen atoms in total. The van der Waals surface area contributed by atoms with Gasteiger partial charge in [0, 0.05) is 0 Å². The molecule has 5 atom stereocenters. The van der Waals surface area contributed by atoms with Crippen molar-refractivity contribution >= 4 is 26.7 Å². The molecule has 0 saturated carbocycles. The van der Waals surface area contributed by atoms with Crippen molar-refractivity contribution in [3.8, 4) is 0 Å². The predicted molar refractivity (Wildman–Crippen MR) is 98.9 cm³/mol. The molecule has 4 rings (SSSR count). The molecule has 1 aliphatic rings. The smallest absolute Gasteiger partial charge is 0.0622 e. The molecule has 1 aliphatic heterocycles. The summed E-state index contributed by atoms with van der Waals surface area (Å²) in [6.07, 6.45) is -3.03. The Morgan fingerprint density at radius 1 is 1.31 bits per heavy atom. The van der Waals surface area contributed by atoms with E-state index in [9.17, 15) is 20.3 Å². The van der Waals surface area contributed by atoms with Crippen molar-refractivity contribution in [1.82, 2.24) is 19.5 Å². The first kappa shape index (κ1) is 19.8. The standard InChI is InChI=1S/C17H17N5O6Se/c23-12-10(6-27-16(22(25)26)9-4-2-1-3-5-9)28-17(13(12)24)21-8-20-11-14(21)18-7-19-15(11)29/h1-5,7-8,10,12-13,16-17,23-24H,6H2,(H,18,19,29)/t10-,12-,13-,16?,17-/m1/s1. The number of aromatic amines is 1. The molecule has 1 fully saturated rings. The first-order valence-electron chi connectivity index (χ1n) is 8.69. The third-order valence-electron chi connectivity index (χ3n) is 4.67. The van der Waals surface area contributed by atoms with Crippen LogP contribution in [0, 0.1) is 14.3 Å². The minimum atomic E-state index is -1.41. The molecule has 0 amide bonds. The van der Waals surface area contributed by atoms with Gasteiger partial charge in [-0.15, -0.1) is 0 Å². The normalized spacial score (nSPS) is 25.3. The molecule has 3 aromatic rings. The Kier molecular flexibility index (Phi) is 5.54. The van der Waals surface area contributed by atoms with E-state index in [0.29, 0.717) is 20.9 Å². The Balaban J connectivity index is 1.52. The number of aliphatic hydroxyl groups excluding tert-OH is 2. The van der Waals surface area contributed by atoms with E-state index in [1.807, 2.05) is 0 Å². The monoisotopic (exact) mass is 467 g/mol. The number of aromatic nitrogens is 4. The first-order chi connectivity index (χ1) is 14.0. The zero-order valence-electron chi connectivity index (χ0n) is 14.9. The summed E-state index contributed by atoms with van der Waals surface area (Å²) in [7, 11) is 0. The van der Waals surface area contributed by atoms with Crippen LogP contribution in [0.2, 0.25) is 0 Å².